The minimum atomic E-state index is -1.27. The number of methoxy groups -OCH3 is 1. The van der Waals surface area contributed by atoms with E-state index in [1.54, 1.807) is 0 Å². The first kappa shape index (κ1) is 27.9. The van der Waals surface area contributed by atoms with Crippen molar-refractivity contribution in [2.75, 3.05) is 7.11 Å². The van der Waals surface area contributed by atoms with E-state index < -0.39 is 14.0 Å². The molecule has 0 bridgehead atoms. The lowest BCUT2D eigenvalue weighted by atomic mass is 10.0. The zero-order chi connectivity index (χ0) is 23.0. The monoisotopic (exact) mass is 432 g/mol. The van der Waals surface area contributed by atoms with Gasteiger partial charge in [0.25, 0.3) is 0 Å². The van der Waals surface area contributed by atoms with Crippen LogP contribution in [-0.4, -0.2) is 32.2 Å². The van der Waals surface area contributed by atoms with Gasteiger partial charge in [-0.3, -0.25) is 4.79 Å². The number of hydrogen-bond donors (Lipinski definition) is 1. The van der Waals surface area contributed by atoms with Crippen LogP contribution >= 0.6 is 0 Å². The Labute approximate surface area is 184 Å². The zero-order valence-electron chi connectivity index (χ0n) is 19.8. The Hall–Kier alpha value is -2.06. The molecular weight excluding hydrogens is 392 g/mol. The van der Waals surface area contributed by atoms with Gasteiger partial charge in [-0.05, 0) is 58.8 Å². The van der Waals surface area contributed by atoms with Crippen molar-refractivity contribution in [3.8, 4) is 11.5 Å². The minimum Gasteiger partial charge on any atom is -0.481 e. The smallest absolute Gasteiger partial charge is 0.333 e. The molecule has 0 heterocycles. The number of ether oxygens (including phenoxy) is 1. The molecule has 0 rings (SSSR count). The number of aliphatic carboxylic acids is 1. The zero-order valence-corrected chi connectivity index (χ0v) is 20.8. The number of unbranched alkanes of at least 4 members (excludes halogenated alkanes) is 1. The van der Waals surface area contributed by atoms with E-state index in [0.717, 1.165) is 44.1 Å². The summed E-state index contributed by atoms with van der Waals surface area (Å²) in [6, 6.07) is 0. The first-order valence-electron chi connectivity index (χ1n) is 10.9. The van der Waals surface area contributed by atoms with Crippen molar-refractivity contribution < 1.29 is 19.4 Å². The van der Waals surface area contributed by atoms with E-state index in [4.69, 9.17) is 9.84 Å². The topological polar surface area (TPSA) is 63.6 Å². The third kappa shape index (κ3) is 16.9. The number of hydrogen-bond acceptors (Lipinski definition) is 3. The number of carbonyl (C=O) groups excluding carboxylic acids is 1. The second kappa shape index (κ2) is 15.7. The third-order valence-corrected chi connectivity index (χ3v) is 5.40. The first-order valence-corrected chi connectivity index (χ1v) is 14.4. The Balaban J connectivity index is 4.52. The molecular formula is C25H40O4Si. The van der Waals surface area contributed by atoms with E-state index in [2.05, 4.69) is 50.2 Å². The number of rotatable bonds is 13. The molecule has 0 unspecified atom stereocenters. The molecule has 0 aliphatic rings. The molecule has 0 aromatic heterocycles. The van der Waals surface area contributed by atoms with Crippen LogP contribution in [0.1, 0.15) is 71.6 Å². The molecule has 4 nitrogen and oxygen atoms in total. The van der Waals surface area contributed by atoms with Crippen molar-refractivity contribution in [3.63, 3.8) is 0 Å². The van der Waals surface area contributed by atoms with Crippen LogP contribution < -0.4 is 0 Å². The second-order valence-corrected chi connectivity index (χ2v) is 13.5. The van der Waals surface area contributed by atoms with Crippen molar-refractivity contribution in [1.29, 1.82) is 0 Å². The van der Waals surface area contributed by atoms with E-state index in [1.165, 1.54) is 12.7 Å². The van der Waals surface area contributed by atoms with Crippen LogP contribution in [-0.2, 0) is 14.3 Å². The molecule has 0 aliphatic heterocycles. The number of carbonyl (C=O) groups is 2. The molecule has 0 aliphatic carbocycles. The molecule has 30 heavy (non-hydrogen) atoms. The maximum Gasteiger partial charge on any atom is 0.333 e. The fraction of sp³-hybridized carbons (Fsp3) is 0.600. The molecule has 0 aromatic rings. The number of carboxylic acid groups (broad SMARTS) is 1. The molecule has 0 atom stereocenters. The molecule has 1 N–H and O–H groups in total. The summed E-state index contributed by atoms with van der Waals surface area (Å²) in [4.78, 5) is 22.6. The lowest BCUT2D eigenvalue weighted by Gasteiger charge is -2.06. The summed E-state index contributed by atoms with van der Waals surface area (Å²) in [5.74, 6) is 2.26. The summed E-state index contributed by atoms with van der Waals surface area (Å²) in [7, 11) is 0.139. The summed E-state index contributed by atoms with van der Waals surface area (Å²) in [6.45, 7) is 10.9. The molecule has 0 saturated carbocycles. The van der Waals surface area contributed by atoms with Crippen molar-refractivity contribution in [2.45, 2.75) is 91.3 Å². The van der Waals surface area contributed by atoms with Gasteiger partial charge in [-0.15, -0.1) is 11.5 Å². The fourth-order valence-corrected chi connectivity index (χ4v) is 3.46. The highest BCUT2D eigenvalue weighted by Crippen LogP contribution is 2.15. The van der Waals surface area contributed by atoms with Crippen molar-refractivity contribution in [1.82, 2.24) is 0 Å². The second-order valence-electron chi connectivity index (χ2n) is 8.74. The van der Waals surface area contributed by atoms with Gasteiger partial charge in [0, 0.05) is 18.4 Å². The average Bonchev–Trinajstić information content (AvgIpc) is 2.64. The Morgan fingerprint density at radius 2 is 1.50 bits per heavy atom. The lowest BCUT2D eigenvalue weighted by molar-refractivity contribution is -0.137. The van der Waals surface area contributed by atoms with Crippen LogP contribution in [0.4, 0.5) is 0 Å². The van der Waals surface area contributed by atoms with Crippen LogP contribution in [0.3, 0.4) is 0 Å². The van der Waals surface area contributed by atoms with Gasteiger partial charge in [0.15, 0.2) is 0 Å². The van der Waals surface area contributed by atoms with Gasteiger partial charge in [0.1, 0.15) is 8.07 Å². The van der Waals surface area contributed by atoms with Crippen LogP contribution in [0.15, 0.2) is 34.9 Å². The molecule has 0 amide bonds. The SMILES string of the molecule is COC(=O)/C(=C/CC/C(C)=C/CCC#C[Si](C)(C)C)CC/C=C(\C)CCCC(=O)O. The van der Waals surface area contributed by atoms with E-state index in [9.17, 15) is 9.59 Å². The molecule has 168 valence electrons. The summed E-state index contributed by atoms with van der Waals surface area (Å²) < 4.78 is 4.92. The van der Waals surface area contributed by atoms with Gasteiger partial charge >= 0.3 is 11.9 Å². The van der Waals surface area contributed by atoms with Gasteiger partial charge in [0.2, 0.25) is 0 Å². The van der Waals surface area contributed by atoms with Crippen molar-refractivity contribution >= 4 is 20.0 Å². The van der Waals surface area contributed by atoms with Gasteiger partial charge in [0.05, 0.1) is 7.11 Å². The molecule has 0 saturated heterocycles. The van der Waals surface area contributed by atoms with Crippen LogP contribution in [0.5, 0.6) is 0 Å². The Morgan fingerprint density at radius 3 is 2.10 bits per heavy atom. The highest BCUT2D eigenvalue weighted by Gasteiger charge is 2.09. The van der Waals surface area contributed by atoms with Gasteiger partial charge in [-0.25, -0.2) is 4.79 Å². The summed E-state index contributed by atoms with van der Waals surface area (Å²) in [6.07, 6.45) is 12.9. The van der Waals surface area contributed by atoms with E-state index in [0.29, 0.717) is 18.4 Å². The standard InChI is InChI=1S/C25H40O4Si/c1-21(13-8-7-9-20-30(4,5)6)14-10-17-23(25(28)29-3)18-11-15-22(2)16-12-19-24(26)27/h13,15,17H,7-8,10-12,14,16,18-19H2,1-6H3,(H,26,27)/b21-13+,22-15+,23-17+. The summed E-state index contributed by atoms with van der Waals surface area (Å²) in [5.41, 5.74) is 6.58. The fourth-order valence-electron chi connectivity index (χ4n) is 2.81. The van der Waals surface area contributed by atoms with Gasteiger partial charge < -0.3 is 9.84 Å². The number of carboxylic acids is 1. The largest absolute Gasteiger partial charge is 0.481 e. The highest BCUT2D eigenvalue weighted by molar-refractivity contribution is 6.83. The van der Waals surface area contributed by atoms with E-state index in [1.807, 2.05) is 13.0 Å². The quantitative estimate of drug-likeness (QED) is 0.0906. The Kier molecular flexibility index (Phi) is 14.7. The molecule has 0 radical (unpaired) electrons. The Morgan fingerprint density at radius 1 is 0.900 bits per heavy atom. The van der Waals surface area contributed by atoms with Gasteiger partial charge in [-0.2, -0.15) is 0 Å². The molecule has 5 heteroatoms. The van der Waals surface area contributed by atoms with E-state index >= 15 is 0 Å². The van der Waals surface area contributed by atoms with Crippen molar-refractivity contribution in [3.05, 3.63) is 34.9 Å². The summed E-state index contributed by atoms with van der Waals surface area (Å²) >= 11 is 0. The predicted octanol–water partition coefficient (Wildman–Crippen LogP) is 6.45. The summed E-state index contributed by atoms with van der Waals surface area (Å²) in [5, 5.41) is 8.70. The minimum absolute atomic E-state index is 0.191. The van der Waals surface area contributed by atoms with Crippen LogP contribution in [0.2, 0.25) is 19.6 Å². The number of esters is 1. The number of allylic oxidation sites excluding steroid dienone is 5. The average molecular weight is 433 g/mol. The predicted molar refractivity (Wildman–Crippen MR) is 128 cm³/mol. The third-order valence-electron chi connectivity index (χ3n) is 4.47. The maximum absolute atomic E-state index is 12.0. The van der Waals surface area contributed by atoms with Crippen molar-refractivity contribution in [2.24, 2.45) is 0 Å². The highest BCUT2D eigenvalue weighted by atomic mass is 28.3. The van der Waals surface area contributed by atoms with Crippen LogP contribution in [0.25, 0.3) is 0 Å². The molecule has 0 fully saturated rings. The Bertz CT molecular complexity index is 697. The maximum atomic E-state index is 12.0. The first-order chi connectivity index (χ1) is 14.0. The van der Waals surface area contributed by atoms with Crippen LogP contribution in [0, 0.1) is 11.5 Å². The molecule has 0 aromatic carbocycles. The lowest BCUT2D eigenvalue weighted by Crippen LogP contribution is -2.16. The van der Waals surface area contributed by atoms with Gasteiger partial charge in [-0.1, -0.05) is 49.0 Å². The van der Waals surface area contributed by atoms with E-state index in [-0.39, 0.29) is 12.4 Å². The normalized spacial score (nSPS) is 12.9. The molecule has 0 spiro atoms.